The predicted molar refractivity (Wildman–Crippen MR) is 78.7 cm³/mol. The van der Waals surface area contributed by atoms with Crippen LogP contribution in [0.5, 0.6) is 11.5 Å². The second-order valence-electron chi connectivity index (χ2n) is 5.47. The molecule has 1 unspecified atom stereocenters. The molecule has 1 saturated heterocycles. The molecule has 2 N–H and O–H groups in total. The highest BCUT2D eigenvalue weighted by atomic mass is 16.7. The summed E-state index contributed by atoms with van der Waals surface area (Å²) in [5.41, 5.74) is 5.90. The topological polar surface area (TPSA) is 85.1 Å². The molecule has 7 nitrogen and oxygen atoms in total. The number of ether oxygens (including phenoxy) is 2. The standard InChI is InChI=1S/C15H19N3O4/c1-10(14(16)19)17-4-6-18(7-5-17)15(20)11-2-3-12-13(8-11)22-9-21-12/h2-3,8,10H,4-7,9H2,1H3,(H2,16,19). The monoisotopic (exact) mass is 305 g/mol. The van der Waals surface area contributed by atoms with Crippen molar-refractivity contribution in [3.05, 3.63) is 23.8 Å². The van der Waals surface area contributed by atoms with Crippen LogP contribution in [-0.2, 0) is 4.79 Å². The van der Waals surface area contributed by atoms with Crippen LogP contribution in [0.25, 0.3) is 0 Å². The number of rotatable bonds is 3. The highest BCUT2D eigenvalue weighted by molar-refractivity contribution is 5.95. The number of amides is 2. The van der Waals surface area contributed by atoms with Gasteiger partial charge >= 0.3 is 0 Å². The summed E-state index contributed by atoms with van der Waals surface area (Å²) in [4.78, 5) is 27.5. The van der Waals surface area contributed by atoms with Crippen LogP contribution in [0.3, 0.4) is 0 Å². The number of benzene rings is 1. The SMILES string of the molecule is CC(C(N)=O)N1CCN(C(=O)c2ccc3c(c2)OCO3)CC1. The quantitative estimate of drug-likeness (QED) is 0.852. The van der Waals surface area contributed by atoms with Crippen molar-refractivity contribution in [3.8, 4) is 11.5 Å². The Balaban J connectivity index is 1.64. The summed E-state index contributed by atoms with van der Waals surface area (Å²) < 4.78 is 10.5. The number of nitrogens with two attached hydrogens (primary N) is 1. The van der Waals surface area contributed by atoms with Crippen molar-refractivity contribution in [3.63, 3.8) is 0 Å². The lowest BCUT2D eigenvalue weighted by Crippen LogP contribution is -2.54. The summed E-state index contributed by atoms with van der Waals surface area (Å²) in [5.74, 6) is 0.892. The number of primary amides is 1. The summed E-state index contributed by atoms with van der Waals surface area (Å²) in [6.07, 6.45) is 0. The van der Waals surface area contributed by atoms with Crippen molar-refractivity contribution in [2.45, 2.75) is 13.0 Å². The molecule has 2 amide bonds. The zero-order valence-corrected chi connectivity index (χ0v) is 12.4. The van der Waals surface area contributed by atoms with Gasteiger partial charge < -0.3 is 20.1 Å². The third kappa shape index (κ3) is 2.71. The van der Waals surface area contributed by atoms with Gasteiger partial charge in [0.25, 0.3) is 5.91 Å². The van der Waals surface area contributed by atoms with Crippen molar-refractivity contribution >= 4 is 11.8 Å². The highest BCUT2D eigenvalue weighted by Gasteiger charge is 2.27. The molecule has 0 spiro atoms. The van der Waals surface area contributed by atoms with Crippen molar-refractivity contribution in [1.29, 1.82) is 0 Å². The number of carbonyl (C=O) groups excluding carboxylic acids is 2. The Hall–Kier alpha value is -2.28. The van der Waals surface area contributed by atoms with Gasteiger partial charge in [0.2, 0.25) is 12.7 Å². The maximum Gasteiger partial charge on any atom is 0.254 e. The van der Waals surface area contributed by atoms with Gasteiger partial charge in [-0.25, -0.2) is 0 Å². The van der Waals surface area contributed by atoms with E-state index < -0.39 is 0 Å². The van der Waals surface area contributed by atoms with E-state index in [0.717, 1.165) is 0 Å². The molecule has 2 heterocycles. The Morgan fingerprint density at radius 3 is 2.50 bits per heavy atom. The largest absolute Gasteiger partial charge is 0.454 e. The number of fused-ring (bicyclic) bond motifs is 1. The minimum absolute atomic E-state index is 0.0373. The first kappa shape index (κ1) is 14.6. The Morgan fingerprint density at radius 2 is 1.82 bits per heavy atom. The van der Waals surface area contributed by atoms with Gasteiger partial charge in [-0.05, 0) is 25.1 Å². The van der Waals surface area contributed by atoms with Crippen LogP contribution in [0, 0.1) is 0 Å². The molecule has 1 aromatic rings. The molecule has 1 fully saturated rings. The van der Waals surface area contributed by atoms with Gasteiger partial charge in [-0.2, -0.15) is 0 Å². The van der Waals surface area contributed by atoms with Crippen LogP contribution in [0.15, 0.2) is 18.2 Å². The first-order chi connectivity index (χ1) is 10.6. The molecule has 0 radical (unpaired) electrons. The van der Waals surface area contributed by atoms with E-state index in [-0.39, 0.29) is 24.6 Å². The van der Waals surface area contributed by atoms with Crippen molar-refractivity contribution < 1.29 is 19.1 Å². The molecule has 1 atom stereocenters. The van der Waals surface area contributed by atoms with E-state index in [9.17, 15) is 9.59 Å². The van der Waals surface area contributed by atoms with Gasteiger partial charge in [-0.1, -0.05) is 0 Å². The second kappa shape index (κ2) is 5.84. The third-order valence-corrected chi connectivity index (χ3v) is 4.18. The van der Waals surface area contributed by atoms with Crippen molar-refractivity contribution in [2.75, 3.05) is 33.0 Å². The molecule has 0 bridgehead atoms. The average Bonchev–Trinajstić information content (AvgIpc) is 3.01. The molecule has 2 aliphatic heterocycles. The summed E-state index contributed by atoms with van der Waals surface area (Å²) in [6.45, 7) is 4.41. The molecule has 0 saturated carbocycles. The lowest BCUT2D eigenvalue weighted by atomic mass is 10.1. The minimum Gasteiger partial charge on any atom is -0.454 e. The molecule has 1 aromatic carbocycles. The molecule has 118 valence electrons. The Bertz CT molecular complexity index is 596. The van der Waals surface area contributed by atoms with E-state index >= 15 is 0 Å². The minimum atomic E-state index is -0.337. The molecular weight excluding hydrogens is 286 g/mol. The molecule has 22 heavy (non-hydrogen) atoms. The van der Waals surface area contributed by atoms with E-state index in [4.69, 9.17) is 15.2 Å². The summed E-state index contributed by atoms with van der Waals surface area (Å²) >= 11 is 0. The van der Waals surface area contributed by atoms with Gasteiger partial charge in [0.05, 0.1) is 6.04 Å². The Morgan fingerprint density at radius 1 is 1.14 bits per heavy atom. The van der Waals surface area contributed by atoms with Crippen molar-refractivity contribution in [1.82, 2.24) is 9.80 Å². The van der Waals surface area contributed by atoms with Crippen molar-refractivity contribution in [2.24, 2.45) is 5.73 Å². The summed E-state index contributed by atoms with van der Waals surface area (Å²) in [5, 5.41) is 0. The zero-order valence-electron chi connectivity index (χ0n) is 12.4. The van der Waals surface area contributed by atoms with Gasteiger partial charge in [0.15, 0.2) is 11.5 Å². The molecular formula is C15H19N3O4. The second-order valence-corrected chi connectivity index (χ2v) is 5.47. The van der Waals surface area contributed by atoms with Gasteiger partial charge in [0, 0.05) is 31.7 Å². The van der Waals surface area contributed by atoms with Gasteiger partial charge in [0.1, 0.15) is 0 Å². The normalized spacial score (nSPS) is 19.0. The average molecular weight is 305 g/mol. The molecule has 7 heteroatoms. The lowest BCUT2D eigenvalue weighted by Gasteiger charge is -2.37. The van der Waals surface area contributed by atoms with E-state index in [1.54, 1.807) is 30.0 Å². The highest BCUT2D eigenvalue weighted by Crippen LogP contribution is 2.32. The molecule has 0 aliphatic carbocycles. The van der Waals surface area contributed by atoms with E-state index in [1.165, 1.54) is 0 Å². The smallest absolute Gasteiger partial charge is 0.254 e. The first-order valence-corrected chi connectivity index (χ1v) is 7.28. The van der Waals surface area contributed by atoms with Crippen LogP contribution < -0.4 is 15.2 Å². The van der Waals surface area contributed by atoms with E-state index in [2.05, 4.69) is 0 Å². The fourth-order valence-corrected chi connectivity index (χ4v) is 2.70. The number of carbonyl (C=O) groups is 2. The van der Waals surface area contributed by atoms with Crippen LogP contribution in [-0.4, -0.2) is 60.6 Å². The lowest BCUT2D eigenvalue weighted by molar-refractivity contribution is -0.123. The van der Waals surface area contributed by atoms with Gasteiger partial charge in [-0.15, -0.1) is 0 Å². The van der Waals surface area contributed by atoms with E-state index in [1.807, 2.05) is 4.90 Å². The summed E-state index contributed by atoms with van der Waals surface area (Å²) in [7, 11) is 0. The first-order valence-electron chi connectivity index (χ1n) is 7.28. The predicted octanol–water partition coefficient (Wildman–Crippen LogP) is 0.0469. The maximum absolute atomic E-state index is 12.5. The third-order valence-electron chi connectivity index (χ3n) is 4.18. The molecule has 3 rings (SSSR count). The Labute approximate surface area is 128 Å². The van der Waals surface area contributed by atoms with Gasteiger partial charge in [-0.3, -0.25) is 14.5 Å². The van der Waals surface area contributed by atoms with Crippen LogP contribution in [0.2, 0.25) is 0 Å². The van der Waals surface area contributed by atoms with Crippen LogP contribution in [0.4, 0.5) is 0 Å². The fraction of sp³-hybridized carbons (Fsp3) is 0.467. The number of piperazine rings is 1. The van der Waals surface area contributed by atoms with Crippen LogP contribution in [0.1, 0.15) is 17.3 Å². The number of hydrogen-bond donors (Lipinski definition) is 1. The van der Waals surface area contributed by atoms with Crippen LogP contribution >= 0.6 is 0 Å². The fourth-order valence-electron chi connectivity index (χ4n) is 2.70. The number of nitrogens with zero attached hydrogens (tertiary/aromatic N) is 2. The number of hydrogen-bond acceptors (Lipinski definition) is 5. The molecule has 2 aliphatic rings. The summed E-state index contributed by atoms with van der Waals surface area (Å²) in [6, 6.07) is 4.90. The Kier molecular flexibility index (Phi) is 3.89. The maximum atomic E-state index is 12.5. The van der Waals surface area contributed by atoms with E-state index in [0.29, 0.717) is 43.2 Å². The zero-order chi connectivity index (χ0) is 15.7. The molecule has 0 aromatic heterocycles.